The van der Waals surface area contributed by atoms with Crippen molar-refractivity contribution in [3.8, 4) is 0 Å². The molecule has 1 saturated heterocycles. The SMILES string of the molecule is CCCCCCc1csc(B2OC(C)(C)C(C)(C)O2)c1. The number of rotatable bonds is 6. The highest BCUT2D eigenvalue weighted by molar-refractivity contribution is 7.20. The average molecular weight is 294 g/mol. The molecule has 0 unspecified atom stereocenters. The van der Waals surface area contributed by atoms with Gasteiger partial charge in [-0.15, -0.1) is 0 Å². The first kappa shape index (κ1) is 16.1. The Labute approximate surface area is 128 Å². The van der Waals surface area contributed by atoms with Gasteiger partial charge in [0.2, 0.25) is 0 Å². The second-order valence-electron chi connectivity index (χ2n) is 6.76. The lowest BCUT2D eigenvalue weighted by molar-refractivity contribution is 0.00578. The van der Waals surface area contributed by atoms with E-state index in [0.717, 1.165) is 0 Å². The Morgan fingerprint density at radius 2 is 1.70 bits per heavy atom. The van der Waals surface area contributed by atoms with Crippen LogP contribution in [0.5, 0.6) is 0 Å². The third-order valence-corrected chi connectivity index (χ3v) is 5.48. The van der Waals surface area contributed by atoms with Crippen LogP contribution in [0.15, 0.2) is 11.4 Å². The van der Waals surface area contributed by atoms with E-state index in [0.29, 0.717) is 0 Å². The van der Waals surface area contributed by atoms with Crippen molar-refractivity contribution < 1.29 is 9.31 Å². The van der Waals surface area contributed by atoms with Crippen molar-refractivity contribution >= 4 is 23.2 Å². The van der Waals surface area contributed by atoms with Crippen molar-refractivity contribution in [2.75, 3.05) is 0 Å². The molecule has 0 bridgehead atoms. The average Bonchev–Trinajstić information content (AvgIpc) is 2.89. The van der Waals surface area contributed by atoms with Crippen LogP contribution in [0, 0.1) is 0 Å². The minimum atomic E-state index is -0.247. The van der Waals surface area contributed by atoms with Crippen molar-refractivity contribution in [2.45, 2.75) is 77.9 Å². The van der Waals surface area contributed by atoms with Crippen molar-refractivity contribution in [2.24, 2.45) is 0 Å². The first-order valence-electron chi connectivity index (χ1n) is 7.78. The third-order valence-electron chi connectivity index (χ3n) is 4.48. The van der Waals surface area contributed by atoms with Crippen LogP contribution in [0.4, 0.5) is 0 Å². The van der Waals surface area contributed by atoms with Crippen LogP contribution in [0.3, 0.4) is 0 Å². The molecule has 1 fully saturated rings. The largest absolute Gasteiger partial charge is 0.505 e. The van der Waals surface area contributed by atoms with Crippen molar-refractivity contribution in [3.05, 3.63) is 17.0 Å². The first-order chi connectivity index (χ1) is 9.36. The summed E-state index contributed by atoms with van der Waals surface area (Å²) in [5.74, 6) is 0. The molecule has 1 aromatic heterocycles. The molecule has 2 nitrogen and oxygen atoms in total. The van der Waals surface area contributed by atoms with Gasteiger partial charge in [-0.3, -0.25) is 0 Å². The molecule has 1 aliphatic rings. The van der Waals surface area contributed by atoms with Crippen LogP contribution in [0.25, 0.3) is 0 Å². The number of unbranched alkanes of at least 4 members (excludes halogenated alkanes) is 3. The topological polar surface area (TPSA) is 18.5 Å². The van der Waals surface area contributed by atoms with Gasteiger partial charge in [-0.2, -0.15) is 11.3 Å². The lowest BCUT2D eigenvalue weighted by Crippen LogP contribution is -2.41. The van der Waals surface area contributed by atoms with Gasteiger partial charge in [0.25, 0.3) is 0 Å². The number of hydrogen-bond acceptors (Lipinski definition) is 3. The zero-order chi connectivity index (χ0) is 14.8. The molecule has 0 amide bonds. The van der Waals surface area contributed by atoms with Gasteiger partial charge in [-0.1, -0.05) is 26.2 Å². The maximum atomic E-state index is 6.09. The van der Waals surface area contributed by atoms with Gasteiger partial charge >= 0.3 is 7.12 Å². The maximum Gasteiger partial charge on any atom is 0.505 e. The fourth-order valence-electron chi connectivity index (χ4n) is 2.36. The fourth-order valence-corrected chi connectivity index (χ4v) is 3.26. The molecular formula is C16H27BO2S. The summed E-state index contributed by atoms with van der Waals surface area (Å²) in [5, 5.41) is 2.26. The van der Waals surface area contributed by atoms with E-state index in [-0.39, 0.29) is 18.3 Å². The van der Waals surface area contributed by atoms with E-state index in [1.165, 1.54) is 42.4 Å². The summed E-state index contributed by atoms with van der Waals surface area (Å²) < 4.78 is 13.4. The molecule has 0 radical (unpaired) electrons. The van der Waals surface area contributed by atoms with Gasteiger partial charge < -0.3 is 9.31 Å². The molecular weight excluding hydrogens is 267 g/mol. The van der Waals surface area contributed by atoms with E-state index in [4.69, 9.17) is 9.31 Å². The quantitative estimate of drug-likeness (QED) is 0.579. The van der Waals surface area contributed by atoms with E-state index < -0.39 is 0 Å². The predicted molar refractivity (Wildman–Crippen MR) is 87.9 cm³/mol. The summed E-state index contributed by atoms with van der Waals surface area (Å²) in [6.07, 6.45) is 6.43. The lowest BCUT2D eigenvalue weighted by atomic mass is 9.87. The molecule has 0 N–H and O–H groups in total. The standard InChI is InChI=1S/C16H27BO2S/c1-6-7-8-9-10-13-11-14(20-12-13)17-18-15(2,3)16(4,5)19-17/h11-12H,6-10H2,1-5H3. The van der Waals surface area contributed by atoms with Gasteiger partial charge in [0.15, 0.2) is 0 Å². The highest BCUT2D eigenvalue weighted by atomic mass is 32.1. The molecule has 1 aromatic rings. The Hall–Kier alpha value is -0.315. The fraction of sp³-hybridized carbons (Fsp3) is 0.750. The van der Waals surface area contributed by atoms with E-state index in [1.54, 1.807) is 11.3 Å². The Morgan fingerprint density at radius 1 is 1.05 bits per heavy atom. The third kappa shape index (κ3) is 3.47. The first-order valence-corrected chi connectivity index (χ1v) is 8.66. The summed E-state index contributed by atoms with van der Waals surface area (Å²) in [5.41, 5.74) is 0.933. The highest BCUT2D eigenvalue weighted by Crippen LogP contribution is 2.36. The maximum absolute atomic E-state index is 6.09. The minimum Gasteiger partial charge on any atom is -0.399 e. The van der Waals surface area contributed by atoms with Gasteiger partial charge in [0, 0.05) is 4.78 Å². The molecule has 0 saturated carbocycles. The van der Waals surface area contributed by atoms with Crippen LogP contribution in [0.1, 0.15) is 65.9 Å². The monoisotopic (exact) mass is 294 g/mol. The molecule has 4 heteroatoms. The van der Waals surface area contributed by atoms with E-state index >= 15 is 0 Å². The molecule has 2 heterocycles. The van der Waals surface area contributed by atoms with Crippen LogP contribution >= 0.6 is 11.3 Å². The van der Waals surface area contributed by atoms with Gasteiger partial charge in [-0.05, 0) is 57.5 Å². The second-order valence-corrected chi connectivity index (χ2v) is 7.70. The minimum absolute atomic E-state index is 0.200. The predicted octanol–water partition coefficient (Wildman–Crippen LogP) is 4.17. The number of aryl methyl sites for hydroxylation is 1. The van der Waals surface area contributed by atoms with Gasteiger partial charge in [0.1, 0.15) is 0 Å². The molecule has 0 aromatic carbocycles. The Morgan fingerprint density at radius 3 is 2.30 bits per heavy atom. The summed E-state index contributed by atoms with van der Waals surface area (Å²) in [4.78, 5) is 0. The lowest BCUT2D eigenvalue weighted by Gasteiger charge is -2.32. The molecule has 112 valence electrons. The van der Waals surface area contributed by atoms with E-state index in [1.807, 2.05) is 0 Å². The van der Waals surface area contributed by atoms with Crippen LogP contribution < -0.4 is 4.78 Å². The van der Waals surface area contributed by atoms with Gasteiger partial charge in [0.05, 0.1) is 11.2 Å². The van der Waals surface area contributed by atoms with Gasteiger partial charge in [-0.25, -0.2) is 0 Å². The molecule has 0 aliphatic carbocycles. The van der Waals surface area contributed by atoms with Crippen LogP contribution in [-0.2, 0) is 15.7 Å². The molecule has 2 rings (SSSR count). The molecule has 20 heavy (non-hydrogen) atoms. The smallest absolute Gasteiger partial charge is 0.399 e. The zero-order valence-corrected chi connectivity index (χ0v) is 14.3. The van der Waals surface area contributed by atoms with Crippen molar-refractivity contribution in [3.63, 3.8) is 0 Å². The highest BCUT2D eigenvalue weighted by Gasteiger charge is 2.52. The Kier molecular flexibility index (Phi) is 4.98. The summed E-state index contributed by atoms with van der Waals surface area (Å²) >= 11 is 1.76. The van der Waals surface area contributed by atoms with Crippen molar-refractivity contribution in [1.29, 1.82) is 0 Å². The summed E-state index contributed by atoms with van der Waals surface area (Å²) in [7, 11) is -0.200. The van der Waals surface area contributed by atoms with E-state index in [9.17, 15) is 0 Å². The molecule has 0 spiro atoms. The zero-order valence-electron chi connectivity index (χ0n) is 13.5. The molecule has 1 aliphatic heterocycles. The number of thiophene rings is 1. The van der Waals surface area contributed by atoms with Crippen LogP contribution in [0.2, 0.25) is 0 Å². The normalized spacial score (nSPS) is 20.6. The Balaban J connectivity index is 1.93. The Bertz CT molecular complexity index is 423. The summed E-state index contributed by atoms with van der Waals surface area (Å²) in [6, 6.07) is 2.26. The number of hydrogen-bond donors (Lipinski definition) is 0. The van der Waals surface area contributed by atoms with Crippen molar-refractivity contribution in [1.82, 2.24) is 0 Å². The second kappa shape index (κ2) is 6.21. The molecule has 0 atom stereocenters. The van der Waals surface area contributed by atoms with E-state index in [2.05, 4.69) is 46.1 Å². The summed E-state index contributed by atoms with van der Waals surface area (Å²) in [6.45, 7) is 10.7. The van der Waals surface area contributed by atoms with Crippen LogP contribution in [-0.4, -0.2) is 18.3 Å².